The molecule has 13 heavy (non-hydrogen) atoms. The molecule has 0 aliphatic carbocycles. The Balaban J connectivity index is 2.28. The third-order valence-electron chi connectivity index (χ3n) is 2.16. The lowest BCUT2D eigenvalue weighted by Crippen LogP contribution is -2.25. The second kappa shape index (κ2) is 3.40. The van der Waals surface area contributed by atoms with Crippen LogP contribution in [0.3, 0.4) is 0 Å². The predicted octanol–water partition coefficient (Wildman–Crippen LogP) is 1.57. The molecule has 0 spiro atoms. The van der Waals surface area contributed by atoms with Crippen LogP contribution >= 0.6 is 27.3 Å². The summed E-state index contributed by atoms with van der Waals surface area (Å²) in [7, 11) is 1.82. The van der Waals surface area contributed by atoms with Crippen LogP contribution in [0, 0.1) is 0 Å². The maximum absolute atomic E-state index is 11.2. The van der Waals surface area contributed by atoms with E-state index in [1.807, 2.05) is 12.4 Å². The van der Waals surface area contributed by atoms with Gasteiger partial charge in [0.05, 0.1) is 6.54 Å². The molecule has 0 saturated carbocycles. The van der Waals surface area contributed by atoms with Crippen molar-refractivity contribution < 1.29 is 4.79 Å². The summed E-state index contributed by atoms with van der Waals surface area (Å²) in [4.78, 5) is 13.0. The van der Waals surface area contributed by atoms with Gasteiger partial charge in [0.2, 0.25) is 5.91 Å². The first-order valence-corrected chi connectivity index (χ1v) is 5.64. The molecule has 3 nitrogen and oxygen atoms in total. The first-order chi connectivity index (χ1) is 6.20. The Morgan fingerprint density at radius 2 is 2.46 bits per heavy atom. The number of thiophene rings is 1. The summed E-state index contributed by atoms with van der Waals surface area (Å²) in [5.74, 6) is 0.142. The molecule has 2 heterocycles. The zero-order valence-electron chi connectivity index (χ0n) is 7.08. The van der Waals surface area contributed by atoms with Crippen LogP contribution in [0.5, 0.6) is 0 Å². The molecule has 70 valence electrons. The van der Waals surface area contributed by atoms with Crippen molar-refractivity contribution in [1.82, 2.24) is 10.2 Å². The number of carbonyl (C=O) groups excluding carboxylic acids is 1. The molecule has 1 atom stereocenters. The summed E-state index contributed by atoms with van der Waals surface area (Å²) in [6, 6.07) is 0. The molecule has 1 N–H and O–H groups in total. The summed E-state index contributed by atoms with van der Waals surface area (Å²) in [6.07, 6.45) is 0.0353. The molecule has 1 aliphatic rings. The minimum Gasteiger partial charge on any atom is -0.325 e. The van der Waals surface area contributed by atoms with Crippen LogP contribution in [0.1, 0.15) is 11.7 Å². The van der Waals surface area contributed by atoms with Crippen LogP contribution in [0.15, 0.2) is 15.2 Å². The average Bonchev–Trinajstić information content (AvgIpc) is 2.62. The zero-order valence-corrected chi connectivity index (χ0v) is 9.48. The van der Waals surface area contributed by atoms with Gasteiger partial charge < -0.3 is 4.90 Å². The van der Waals surface area contributed by atoms with Crippen molar-refractivity contribution in [2.24, 2.45) is 0 Å². The van der Waals surface area contributed by atoms with Gasteiger partial charge in [-0.25, -0.2) is 0 Å². The summed E-state index contributed by atoms with van der Waals surface area (Å²) >= 11 is 5.09. The fourth-order valence-corrected chi connectivity index (χ4v) is 2.93. The number of rotatable bonds is 1. The smallest absolute Gasteiger partial charge is 0.237 e. The molecule has 0 radical (unpaired) electrons. The maximum atomic E-state index is 11.2. The number of amides is 1. The van der Waals surface area contributed by atoms with Crippen LogP contribution in [0.4, 0.5) is 0 Å². The molecule has 1 aliphatic heterocycles. The van der Waals surface area contributed by atoms with E-state index in [9.17, 15) is 4.79 Å². The van der Waals surface area contributed by atoms with Crippen molar-refractivity contribution in [2.75, 3.05) is 13.6 Å². The van der Waals surface area contributed by atoms with Crippen LogP contribution in [-0.4, -0.2) is 24.4 Å². The van der Waals surface area contributed by atoms with Gasteiger partial charge in [-0.1, -0.05) is 0 Å². The third kappa shape index (κ3) is 1.51. The number of hydrogen-bond acceptors (Lipinski definition) is 3. The fourth-order valence-electron chi connectivity index (χ4n) is 1.39. The Morgan fingerprint density at radius 3 is 2.92 bits per heavy atom. The monoisotopic (exact) mass is 260 g/mol. The second-order valence-electron chi connectivity index (χ2n) is 2.96. The Morgan fingerprint density at radius 1 is 1.69 bits per heavy atom. The quantitative estimate of drug-likeness (QED) is 0.832. The molecule has 1 saturated heterocycles. The lowest BCUT2D eigenvalue weighted by Gasteiger charge is -2.18. The van der Waals surface area contributed by atoms with E-state index in [4.69, 9.17) is 0 Å². The van der Waals surface area contributed by atoms with E-state index < -0.39 is 0 Å². The van der Waals surface area contributed by atoms with Crippen LogP contribution in [0.2, 0.25) is 0 Å². The number of halogens is 1. The van der Waals surface area contributed by atoms with Gasteiger partial charge in [0.25, 0.3) is 0 Å². The van der Waals surface area contributed by atoms with E-state index in [1.165, 1.54) is 0 Å². The molecule has 2 rings (SSSR count). The third-order valence-corrected chi connectivity index (χ3v) is 3.92. The molecule has 1 aromatic heterocycles. The molecular weight excluding hydrogens is 252 g/mol. The van der Waals surface area contributed by atoms with Gasteiger partial charge >= 0.3 is 0 Å². The van der Waals surface area contributed by atoms with Gasteiger partial charge in [0, 0.05) is 22.5 Å². The zero-order chi connectivity index (χ0) is 9.42. The lowest BCUT2D eigenvalue weighted by atomic mass is 10.2. The molecule has 0 aromatic carbocycles. The highest BCUT2D eigenvalue weighted by molar-refractivity contribution is 9.10. The van der Waals surface area contributed by atoms with Crippen molar-refractivity contribution in [3.8, 4) is 0 Å². The van der Waals surface area contributed by atoms with Crippen LogP contribution in [0.25, 0.3) is 0 Å². The van der Waals surface area contributed by atoms with Crippen molar-refractivity contribution in [1.29, 1.82) is 0 Å². The Bertz CT molecular complexity index is 339. The second-order valence-corrected chi connectivity index (χ2v) is 4.56. The normalized spacial score (nSPS) is 22.8. The topological polar surface area (TPSA) is 32.3 Å². The largest absolute Gasteiger partial charge is 0.325 e. The van der Waals surface area contributed by atoms with Gasteiger partial charge in [0.15, 0.2) is 0 Å². The van der Waals surface area contributed by atoms with E-state index >= 15 is 0 Å². The first kappa shape index (κ1) is 9.18. The molecule has 1 aromatic rings. The van der Waals surface area contributed by atoms with Crippen molar-refractivity contribution in [3.05, 3.63) is 20.8 Å². The number of hydrogen-bond donors (Lipinski definition) is 1. The highest BCUT2D eigenvalue weighted by Crippen LogP contribution is 2.30. The molecular formula is C8H9BrN2OS. The number of likely N-dealkylation sites (N-methyl/N-ethyl adjacent to an activating group) is 1. The Labute approximate surface area is 88.9 Å². The molecule has 5 heteroatoms. The van der Waals surface area contributed by atoms with E-state index in [0.29, 0.717) is 6.54 Å². The SMILES string of the molecule is CN1C(=O)CNC1c1cscc1Br. The van der Waals surface area contributed by atoms with Gasteiger partial charge in [-0.2, -0.15) is 11.3 Å². The van der Waals surface area contributed by atoms with Crippen LogP contribution in [-0.2, 0) is 4.79 Å². The van der Waals surface area contributed by atoms with E-state index in [1.54, 1.807) is 16.2 Å². The van der Waals surface area contributed by atoms with Crippen LogP contribution < -0.4 is 5.32 Å². The van der Waals surface area contributed by atoms with E-state index in [0.717, 1.165) is 10.0 Å². The van der Waals surface area contributed by atoms with Gasteiger partial charge in [0.1, 0.15) is 6.17 Å². The summed E-state index contributed by atoms with van der Waals surface area (Å²) in [5.41, 5.74) is 1.14. The molecule has 0 bridgehead atoms. The average molecular weight is 261 g/mol. The summed E-state index contributed by atoms with van der Waals surface area (Å²) in [6.45, 7) is 0.434. The lowest BCUT2D eigenvalue weighted by molar-refractivity contribution is -0.126. The molecule has 1 fully saturated rings. The summed E-state index contributed by atoms with van der Waals surface area (Å²) in [5, 5.41) is 7.23. The maximum Gasteiger partial charge on any atom is 0.237 e. The van der Waals surface area contributed by atoms with E-state index in [2.05, 4.69) is 26.6 Å². The van der Waals surface area contributed by atoms with Crippen molar-refractivity contribution in [3.63, 3.8) is 0 Å². The number of nitrogens with one attached hydrogen (secondary N) is 1. The standard InChI is InChI=1S/C8H9BrN2OS/c1-11-7(12)2-10-8(11)5-3-13-4-6(5)9/h3-4,8,10H,2H2,1H3. The number of carbonyl (C=O) groups is 1. The molecule has 1 unspecified atom stereocenters. The minimum atomic E-state index is 0.0353. The van der Waals surface area contributed by atoms with Gasteiger partial charge in [-0.05, 0) is 21.3 Å². The Hall–Kier alpha value is -0.390. The highest BCUT2D eigenvalue weighted by Gasteiger charge is 2.29. The predicted molar refractivity (Wildman–Crippen MR) is 55.5 cm³/mol. The number of nitrogens with zero attached hydrogens (tertiary/aromatic N) is 1. The minimum absolute atomic E-state index is 0.0353. The molecule has 1 amide bonds. The van der Waals surface area contributed by atoms with Gasteiger partial charge in [-0.15, -0.1) is 0 Å². The highest BCUT2D eigenvalue weighted by atomic mass is 79.9. The van der Waals surface area contributed by atoms with E-state index in [-0.39, 0.29) is 12.1 Å². The van der Waals surface area contributed by atoms with Crippen molar-refractivity contribution in [2.45, 2.75) is 6.17 Å². The summed E-state index contributed by atoms with van der Waals surface area (Å²) < 4.78 is 1.07. The Kier molecular flexibility index (Phi) is 2.40. The fraction of sp³-hybridized carbons (Fsp3) is 0.375. The first-order valence-electron chi connectivity index (χ1n) is 3.91. The van der Waals surface area contributed by atoms with Crippen molar-refractivity contribution >= 4 is 33.2 Å². The van der Waals surface area contributed by atoms with Gasteiger partial charge in [-0.3, -0.25) is 10.1 Å².